The minimum atomic E-state index is -0.127. The molecule has 14 nitrogen and oxygen atoms in total. The van der Waals surface area contributed by atoms with Crippen LogP contribution in [0.3, 0.4) is 0 Å². The molecule has 6 heterocycles. The fraction of sp³-hybridized carbons (Fsp3) is 0.250. The molecule has 6 rings (SSSR count). The molecule has 5 aromatic rings. The van der Waals surface area contributed by atoms with Crippen LogP contribution >= 0.6 is 0 Å². The highest BCUT2D eigenvalue weighted by Crippen LogP contribution is 2.15. The first-order chi connectivity index (χ1) is 19.6. The molecule has 0 unspecified atom stereocenters. The Morgan fingerprint density at radius 2 is 1.29 bits per heavy atom. The fourth-order valence-corrected chi connectivity index (χ4v) is 3.42. The molecule has 42 heavy (non-hydrogen) atoms. The highest BCUT2D eigenvalue weighted by Gasteiger charge is 2.08. The van der Waals surface area contributed by atoms with Gasteiger partial charge in [0.25, 0.3) is 16.7 Å². The van der Waals surface area contributed by atoms with Crippen molar-refractivity contribution < 1.29 is 0 Å². The summed E-state index contributed by atoms with van der Waals surface area (Å²) >= 11 is 0. The van der Waals surface area contributed by atoms with Crippen LogP contribution in [0.15, 0.2) is 69.1 Å². The largest absolute Gasteiger partial charge is 0.340 e. The summed E-state index contributed by atoms with van der Waals surface area (Å²) in [4.78, 5) is 66.3. The summed E-state index contributed by atoms with van der Waals surface area (Å²) in [5.41, 5.74) is 3.12. The van der Waals surface area contributed by atoms with Crippen LogP contribution in [0.1, 0.15) is 36.4 Å². The van der Waals surface area contributed by atoms with E-state index in [1.165, 1.54) is 0 Å². The summed E-state index contributed by atoms with van der Waals surface area (Å²) in [6, 6.07) is 0. The van der Waals surface area contributed by atoms with Crippen molar-refractivity contribution in [3.8, 4) is 23.2 Å². The van der Waals surface area contributed by atoms with Gasteiger partial charge in [0, 0.05) is 92.4 Å². The molecular weight excluding hydrogens is 538 g/mol. The first-order valence-corrected chi connectivity index (χ1v) is 12.5. The molecule has 14 heteroatoms. The Bertz CT molecular complexity index is 1900. The zero-order chi connectivity index (χ0) is 29.5. The lowest BCUT2D eigenvalue weighted by Crippen LogP contribution is -2.12. The van der Waals surface area contributed by atoms with Gasteiger partial charge in [-0.2, -0.15) is 0 Å². The number of H-pyrrole nitrogens is 3. The second-order valence-corrected chi connectivity index (χ2v) is 9.21. The average molecular weight is 572 g/mol. The topological polar surface area (TPSA) is 185 Å². The second kappa shape index (κ2) is 13.7. The fourth-order valence-electron chi connectivity index (χ4n) is 3.42. The second-order valence-electron chi connectivity index (χ2n) is 9.21. The van der Waals surface area contributed by atoms with Crippen molar-refractivity contribution in [1.82, 2.24) is 49.0 Å². The number of hydrogen-bond donors (Lipinski definition) is 3. The van der Waals surface area contributed by atoms with Gasteiger partial charge in [0.05, 0.1) is 6.33 Å². The Balaban J connectivity index is 0.000000171. The number of aromatic amines is 3. The maximum atomic E-state index is 11.3. The Labute approximate surface area is 241 Å². The van der Waals surface area contributed by atoms with Crippen LogP contribution in [0.25, 0.3) is 28.7 Å². The van der Waals surface area contributed by atoms with E-state index in [2.05, 4.69) is 44.9 Å². The molecule has 0 aromatic carbocycles. The van der Waals surface area contributed by atoms with Crippen molar-refractivity contribution in [3.05, 3.63) is 103 Å². The maximum Gasteiger partial charge on any atom is 0.254 e. The third-order valence-corrected chi connectivity index (χ3v) is 5.86. The molecule has 0 saturated carbocycles. The van der Waals surface area contributed by atoms with Crippen LogP contribution in [0.5, 0.6) is 0 Å². The van der Waals surface area contributed by atoms with Gasteiger partial charge in [-0.1, -0.05) is 7.43 Å². The van der Waals surface area contributed by atoms with Crippen molar-refractivity contribution in [2.45, 2.75) is 34.6 Å². The number of allylic oxidation sites excluding steroid dienone is 1. The predicted molar refractivity (Wildman–Crippen MR) is 161 cm³/mol. The summed E-state index contributed by atoms with van der Waals surface area (Å²) in [6.45, 7) is 5.16. The number of imidazole rings is 2. The van der Waals surface area contributed by atoms with Gasteiger partial charge in [0.2, 0.25) is 0 Å². The van der Waals surface area contributed by atoms with Gasteiger partial charge in [-0.05, 0) is 20.8 Å². The Hall–Kier alpha value is -5.53. The molecule has 0 amide bonds. The number of aryl methyl sites for hydroxylation is 5. The van der Waals surface area contributed by atoms with E-state index in [1.54, 1.807) is 85.8 Å². The van der Waals surface area contributed by atoms with Crippen molar-refractivity contribution in [2.24, 2.45) is 19.1 Å². The maximum absolute atomic E-state index is 11.3. The molecule has 0 spiro atoms. The SMILES string of the molecule is C.Cc1cnc(-c2cn(C)cn2)[nH]c1=O.Cc1cnc(-c2nccn2C)[nH]c1=O.Cc1cnc(C2=CN=CC2)[nH]c1=O. The van der Waals surface area contributed by atoms with Gasteiger partial charge >= 0.3 is 0 Å². The van der Waals surface area contributed by atoms with Crippen molar-refractivity contribution in [1.29, 1.82) is 0 Å². The third kappa shape index (κ3) is 7.56. The van der Waals surface area contributed by atoms with Gasteiger partial charge in [-0.3, -0.25) is 19.4 Å². The smallest absolute Gasteiger partial charge is 0.254 e. The van der Waals surface area contributed by atoms with E-state index >= 15 is 0 Å². The molecular formula is C28H33N11O3. The van der Waals surface area contributed by atoms with E-state index in [0.717, 1.165) is 12.0 Å². The third-order valence-electron chi connectivity index (χ3n) is 5.86. The quantitative estimate of drug-likeness (QED) is 0.295. The van der Waals surface area contributed by atoms with Gasteiger partial charge in [0.1, 0.15) is 11.5 Å². The van der Waals surface area contributed by atoms with Crippen molar-refractivity contribution in [2.75, 3.05) is 0 Å². The van der Waals surface area contributed by atoms with Crippen molar-refractivity contribution >= 4 is 11.8 Å². The zero-order valence-electron chi connectivity index (χ0n) is 23.2. The van der Waals surface area contributed by atoms with E-state index in [1.807, 2.05) is 14.1 Å². The number of hydrogen-bond acceptors (Lipinski definition) is 9. The lowest BCUT2D eigenvalue weighted by Gasteiger charge is -2.00. The standard InChI is InChI=1S/2C9H10N4O.C9H9N3O.CH4/c1-6-3-10-8(12-9(6)14)7-4-13(2)5-11-7;1-6-5-11-7(12-9(6)14)8-10-3-4-13(8)2;1-6-4-11-8(12-9(6)13)7-2-3-10-5-7;/h3-5H,1-2H3,(H,10,12,14);3-5H,1-2H3,(H,11,12,14);3-5H,2H2,1H3,(H,11,12,13);1H4. The van der Waals surface area contributed by atoms with Crippen LogP contribution in [0, 0.1) is 20.8 Å². The lowest BCUT2D eigenvalue weighted by atomic mass is 10.2. The number of nitrogens with zero attached hydrogens (tertiary/aromatic N) is 8. The first-order valence-electron chi connectivity index (χ1n) is 12.5. The molecule has 1 aliphatic rings. The molecule has 5 aromatic heterocycles. The minimum Gasteiger partial charge on any atom is -0.340 e. The van der Waals surface area contributed by atoms with E-state index in [0.29, 0.717) is 45.7 Å². The Morgan fingerprint density at radius 3 is 1.76 bits per heavy atom. The molecule has 218 valence electrons. The summed E-state index contributed by atoms with van der Waals surface area (Å²) < 4.78 is 3.60. The number of rotatable bonds is 3. The summed E-state index contributed by atoms with van der Waals surface area (Å²) in [5, 5.41) is 0. The first kappa shape index (κ1) is 31.0. The Kier molecular flexibility index (Phi) is 10.1. The Morgan fingerprint density at radius 1 is 0.738 bits per heavy atom. The zero-order valence-corrected chi connectivity index (χ0v) is 23.2. The van der Waals surface area contributed by atoms with Crippen LogP contribution in [0.4, 0.5) is 0 Å². The highest BCUT2D eigenvalue weighted by molar-refractivity contribution is 5.82. The van der Waals surface area contributed by atoms with E-state index in [4.69, 9.17) is 0 Å². The van der Waals surface area contributed by atoms with Crippen LogP contribution in [-0.2, 0) is 14.1 Å². The van der Waals surface area contributed by atoms with E-state index < -0.39 is 0 Å². The van der Waals surface area contributed by atoms with E-state index in [9.17, 15) is 14.4 Å². The van der Waals surface area contributed by atoms with Crippen molar-refractivity contribution in [3.63, 3.8) is 0 Å². The molecule has 0 atom stereocenters. The number of aromatic nitrogens is 10. The highest BCUT2D eigenvalue weighted by atomic mass is 16.1. The summed E-state index contributed by atoms with van der Waals surface area (Å²) in [5.74, 6) is 2.27. The molecule has 0 bridgehead atoms. The van der Waals surface area contributed by atoms with Crippen LogP contribution in [0.2, 0.25) is 0 Å². The molecule has 0 radical (unpaired) electrons. The van der Waals surface area contributed by atoms with Gasteiger partial charge in [-0.15, -0.1) is 0 Å². The molecule has 0 aliphatic carbocycles. The summed E-state index contributed by atoms with van der Waals surface area (Å²) in [7, 11) is 3.71. The normalized spacial score (nSPS) is 11.5. The molecule has 3 N–H and O–H groups in total. The minimum absolute atomic E-state index is 0. The lowest BCUT2D eigenvalue weighted by molar-refractivity contribution is 0.900. The molecule has 0 fully saturated rings. The molecule has 0 saturated heterocycles. The monoisotopic (exact) mass is 571 g/mol. The van der Waals surface area contributed by atoms with Gasteiger partial charge < -0.3 is 24.1 Å². The summed E-state index contributed by atoms with van der Waals surface area (Å²) in [6.07, 6.45) is 15.8. The van der Waals surface area contributed by atoms with Gasteiger partial charge in [0.15, 0.2) is 17.5 Å². The van der Waals surface area contributed by atoms with Crippen LogP contribution < -0.4 is 16.7 Å². The average Bonchev–Trinajstić information content (AvgIpc) is 3.73. The number of aliphatic imine (C=N–C) groups is 1. The van der Waals surface area contributed by atoms with Crippen LogP contribution in [-0.4, -0.2) is 55.2 Å². The predicted octanol–water partition coefficient (Wildman–Crippen LogP) is 2.49. The molecule has 1 aliphatic heterocycles. The van der Waals surface area contributed by atoms with E-state index in [-0.39, 0.29) is 24.1 Å². The van der Waals surface area contributed by atoms with Gasteiger partial charge in [-0.25, -0.2) is 24.9 Å². The number of nitrogens with one attached hydrogen (secondary N) is 3.